The number of aliphatic hydroxyl groups is 1. The van der Waals surface area contributed by atoms with Crippen molar-refractivity contribution in [2.75, 3.05) is 0 Å². The average Bonchev–Trinajstić information content (AvgIpc) is 2.56. The predicted molar refractivity (Wildman–Crippen MR) is 50.3 cm³/mol. The van der Waals surface area contributed by atoms with E-state index in [1.54, 1.807) is 13.2 Å². The minimum absolute atomic E-state index is 0.376. The lowest BCUT2D eigenvalue weighted by Crippen LogP contribution is -2.05. The molecule has 1 aromatic rings. The molecule has 0 spiro atoms. The van der Waals surface area contributed by atoms with Gasteiger partial charge in [-0.2, -0.15) is 15.0 Å². The summed E-state index contributed by atoms with van der Waals surface area (Å²) in [6, 6.07) is 0. The third kappa shape index (κ3) is 1.10. The molecule has 1 heterocycles. The Morgan fingerprint density at radius 1 is 1.50 bits per heavy atom. The fraction of sp³-hybridized carbons (Fsp3) is 0.800. The first-order chi connectivity index (χ1) is 6.77. The molecule has 0 bridgehead atoms. The highest BCUT2D eigenvalue weighted by atomic mass is 16.3. The Kier molecular flexibility index (Phi) is 1.68. The largest absolute Gasteiger partial charge is 0.386 e. The molecule has 3 atom stereocenters. The number of aryl methyl sites for hydroxylation is 1. The molecule has 0 radical (unpaired) electrons. The molecule has 2 saturated carbocycles. The summed E-state index contributed by atoms with van der Waals surface area (Å²) in [6.07, 6.45) is 5.25. The molecule has 2 fully saturated rings. The Morgan fingerprint density at radius 2 is 2.21 bits per heavy atom. The van der Waals surface area contributed by atoms with Gasteiger partial charge in [0.1, 0.15) is 11.8 Å². The first-order valence-electron chi connectivity index (χ1n) is 5.31. The highest BCUT2D eigenvalue weighted by Crippen LogP contribution is 2.61. The van der Waals surface area contributed by atoms with Gasteiger partial charge in [-0.05, 0) is 30.6 Å². The number of hydrogen-bond acceptors (Lipinski definition) is 3. The molecule has 0 saturated heterocycles. The van der Waals surface area contributed by atoms with Gasteiger partial charge in [-0.25, -0.2) is 0 Å². The maximum atomic E-state index is 10.1. The molecule has 0 aliphatic heterocycles. The van der Waals surface area contributed by atoms with Gasteiger partial charge in [0.15, 0.2) is 0 Å². The lowest BCUT2D eigenvalue weighted by atomic mass is 10.0. The minimum Gasteiger partial charge on any atom is -0.386 e. The highest BCUT2D eigenvalue weighted by molar-refractivity contribution is 5.11. The normalized spacial score (nSPS) is 36.9. The lowest BCUT2D eigenvalue weighted by Gasteiger charge is -2.08. The molecule has 0 amide bonds. The summed E-state index contributed by atoms with van der Waals surface area (Å²) in [5.41, 5.74) is 0.743. The Labute approximate surface area is 82.9 Å². The maximum absolute atomic E-state index is 10.1. The van der Waals surface area contributed by atoms with Crippen molar-refractivity contribution in [3.05, 3.63) is 11.9 Å². The van der Waals surface area contributed by atoms with E-state index in [2.05, 4.69) is 10.2 Å². The van der Waals surface area contributed by atoms with Crippen LogP contribution in [0, 0.1) is 17.8 Å². The van der Waals surface area contributed by atoms with Crippen LogP contribution in [0.25, 0.3) is 0 Å². The van der Waals surface area contributed by atoms with Crippen LogP contribution in [0.3, 0.4) is 0 Å². The van der Waals surface area contributed by atoms with Crippen LogP contribution in [-0.4, -0.2) is 20.1 Å². The third-order valence-electron chi connectivity index (χ3n) is 3.76. The van der Waals surface area contributed by atoms with Crippen LogP contribution in [0.15, 0.2) is 6.20 Å². The Morgan fingerprint density at radius 3 is 2.79 bits per heavy atom. The summed E-state index contributed by atoms with van der Waals surface area (Å²) in [5, 5.41) is 18.2. The number of nitrogens with zero attached hydrogens (tertiary/aromatic N) is 3. The van der Waals surface area contributed by atoms with Gasteiger partial charge in [0.05, 0.1) is 6.20 Å². The maximum Gasteiger partial charge on any atom is 0.111 e. The van der Waals surface area contributed by atoms with Crippen molar-refractivity contribution in [3.63, 3.8) is 0 Å². The fourth-order valence-electron chi connectivity index (χ4n) is 3.04. The van der Waals surface area contributed by atoms with Crippen LogP contribution in [0.1, 0.15) is 31.1 Å². The molecule has 2 aliphatic rings. The van der Waals surface area contributed by atoms with Crippen molar-refractivity contribution < 1.29 is 5.11 Å². The first kappa shape index (κ1) is 8.41. The smallest absolute Gasteiger partial charge is 0.111 e. The molecular weight excluding hydrogens is 178 g/mol. The standard InChI is InChI=1S/C10H15N3O/c1-13-11-5-8(12-13)10(14)9-6-3-2-4-7(6)9/h5-7,9-10,14H,2-4H2,1H3. The van der Waals surface area contributed by atoms with Crippen molar-refractivity contribution in [1.29, 1.82) is 0 Å². The van der Waals surface area contributed by atoms with Gasteiger partial charge in [-0.1, -0.05) is 6.42 Å². The van der Waals surface area contributed by atoms with E-state index in [1.807, 2.05) is 0 Å². The highest BCUT2D eigenvalue weighted by Gasteiger charge is 2.56. The van der Waals surface area contributed by atoms with E-state index in [9.17, 15) is 5.11 Å². The zero-order chi connectivity index (χ0) is 9.71. The lowest BCUT2D eigenvalue weighted by molar-refractivity contribution is 0.132. The Balaban J connectivity index is 1.75. The number of fused-ring (bicyclic) bond motifs is 1. The van der Waals surface area contributed by atoms with Crippen LogP contribution < -0.4 is 0 Å². The summed E-state index contributed by atoms with van der Waals surface area (Å²) < 4.78 is 0. The summed E-state index contributed by atoms with van der Waals surface area (Å²) >= 11 is 0. The van der Waals surface area contributed by atoms with Gasteiger partial charge in [0.2, 0.25) is 0 Å². The molecule has 4 nitrogen and oxygen atoms in total. The monoisotopic (exact) mass is 193 g/mol. The second-order valence-corrected chi connectivity index (χ2v) is 4.54. The summed E-state index contributed by atoms with van der Waals surface area (Å²) in [4.78, 5) is 1.51. The molecule has 2 aliphatic carbocycles. The number of rotatable bonds is 2. The number of hydrogen-bond donors (Lipinski definition) is 1. The van der Waals surface area contributed by atoms with E-state index in [0.29, 0.717) is 5.92 Å². The Bertz CT molecular complexity index is 339. The fourth-order valence-corrected chi connectivity index (χ4v) is 3.04. The van der Waals surface area contributed by atoms with Crippen molar-refractivity contribution in [1.82, 2.24) is 15.0 Å². The predicted octanol–water partition coefficient (Wildman–Crippen LogP) is 0.895. The van der Waals surface area contributed by atoms with Crippen LogP contribution >= 0.6 is 0 Å². The molecular formula is C10H15N3O. The van der Waals surface area contributed by atoms with Crippen molar-refractivity contribution >= 4 is 0 Å². The minimum atomic E-state index is -0.376. The van der Waals surface area contributed by atoms with Gasteiger partial charge in [-0.15, -0.1) is 0 Å². The second-order valence-electron chi connectivity index (χ2n) is 4.54. The van der Waals surface area contributed by atoms with Gasteiger partial charge < -0.3 is 5.11 Å². The average molecular weight is 193 g/mol. The molecule has 76 valence electrons. The van der Waals surface area contributed by atoms with Gasteiger partial charge >= 0.3 is 0 Å². The molecule has 14 heavy (non-hydrogen) atoms. The number of aromatic nitrogens is 3. The van der Waals surface area contributed by atoms with Crippen molar-refractivity contribution in [2.45, 2.75) is 25.4 Å². The SMILES string of the molecule is Cn1ncc(C(O)C2C3CCCC32)n1. The van der Waals surface area contributed by atoms with Gasteiger partial charge in [0.25, 0.3) is 0 Å². The van der Waals surface area contributed by atoms with Gasteiger partial charge in [0, 0.05) is 7.05 Å². The van der Waals surface area contributed by atoms with E-state index in [-0.39, 0.29) is 6.10 Å². The molecule has 1 N–H and O–H groups in total. The molecule has 3 rings (SSSR count). The third-order valence-corrected chi connectivity index (χ3v) is 3.76. The quantitative estimate of drug-likeness (QED) is 0.759. The van der Waals surface area contributed by atoms with Crippen molar-refractivity contribution in [3.8, 4) is 0 Å². The van der Waals surface area contributed by atoms with E-state index >= 15 is 0 Å². The molecule has 4 heteroatoms. The van der Waals surface area contributed by atoms with Crippen LogP contribution in [-0.2, 0) is 7.05 Å². The molecule has 3 unspecified atom stereocenters. The van der Waals surface area contributed by atoms with Crippen LogP contribution in [0.4, 0.5) is 0 Å². The molecule has 0 aromatic carbocycles. The first-order valence-corrected chi connectivity index (χ1v) is 5.31. The summed E-state index contributed by atoms with van der Waals surface area (Å²) in [5.74, 6) is 2.01. The summed E-state index contributed by atoms with van der Waals surface area (Å²) in [6.45, 7) is 0. The van der Waals surface area contributed by atoms with E-state index in [1.165, 1.54) is 24.1 Å². The van der Waals surface area contributed by atoms with E-state index in [4.69, 9.17) is 0 Å². The number of aliphatic hydroxyl groups excluding tert-OH is 1. The zero-order valence-electron chi connectivity index (χ0n) is 8.30. The Hall–Kier alpha value is -0.900. The second kappa shape index (κ2) is 2.79. The van der Waals surface area contributed by atoms with Gasteiger partial charge in [-0.3, -0.25) is 0 Å². The van der Waals surface area contributed by atoms with Crippen LogP contribution in [0.5, 0.6) is 0 Å². The molecule has 1 aromatic heterocycles. The topological polar surface area (TPSA) is 50.9 Å². The van der Waals surface area contributed by atoms with Crippen molar-refractivity contribution in [2.24, 2.45) is 24.8 Å². The van der Waals surface area contributed by atoms with E-state index < -0.39 is 0 Å². The van der Waals surface area contributed by atoms with E-state index in [0.717, 1.165) is 17.5 Å². The summed E-state index contributed by atoms with van der Waals surface area (Å²) in [7, 11) is 1.78. The zero-order valence-corrected chi connectivity index (χ0v) is 8.30. The van der Waals surface area contributed by atoms with Crippen LogP contribution in [0.2, 0.25) is 0 Å².